The molecule has 5 heterocycles. The van der Waals surface area contributed by atoms with Gasteiger partial charge in [0.15, 0.2) is 0 Å². The van der Waals surface area contributed by atoms with Crippen LogP contribution in [0.4, 0.5) is 11.4 Å². The largest absolute Gasteiger partial charge is 0.508 e. The van der Waals surface area contributed by atoms with Gasteiger partial charge in [-0.15, -0.1) is 0 Å². The molecule has 9 rings (SSSR count). The van der Waals surface area contributed by atoms with Crippen LogP contribution in [-0.2, 0) is 9.59 Å². The molecular formula is C44H45N5O6. The molecule has 5 aliphatic heterocycles. The van der Waals surface area contributed by atoms with Crippen LogP contribution in [-0.4, -0.2) is 97.0 Å². The molecule has 0 radical (unpaired) electrons. The third-order valence-electron chi connectivity index (χ3n) is 12.3. The normalized spacial score (nSPS) is 23.3. The van der Waals surface area contributed by atoms with E-state index in [0.717, 1.165) is 80.6 Å². The molecule has 3 fully saturated rings. The van der Waals surface area contributed by atoms with Crippen molar-refractivity contribution in [2.45, 2.75) is 43.6 Å². The predicted molar refractivity (Wildman–Crippen MR) is 208 cm³/mol. The van der Waals surface area contributed by atoms with E-state index in [2.05, 4.69) is 68.5 Å². The molecule has 3 unspecified atom stereocenters. The van der Waals surface area contributed by atoms with Crippen molar-refractivity contribution in [2.75, 3.05) is 62.2 Å². The second kappa shape index (κ2) is 14.5. The Morgan fingerprint density at radius 3 is 2.15 bits per heavy atom. The molecular weight excluding hydrogens is 695 g/mol. The predicted octanol–water partition coefficient (Wildman–Crippen LogP) is 5.14. The Kier molecular flexibility index (Phi) is 9.25. The van der Waals surface area contributed by atoms with Crippen molar-refractivity contribution in [3.63, 3.8) is 0 Å². The number of carbonyl (C=O) groups is 4. The standard InChI is InChI=1S/C44H45N5O6/c50-33-11-13-35-39(25-33)55-27-37(29-4-2-1-3-5-29)41(35)30-6-8-31(9-7-30)47-18-16-28(17-19-47)26-46-20-22-48(23-21-46)32-10-12-34-36(24-32)44(54)49(43(34)53)38-14-15-40(51)45-42(38)52/h1-13,24-25,28,37-38,41,50H,14-23,26-27H2,(H,45,51,52). The number of phenolic OH excluding ortho intramolecular Hbond substituents is 1. The number of rotatable bonds is 7. The summed E-state index contributed by atoms with van der Waals surface area (Å²) in [5.41, 5.74) is 6.38. The van der Waals surface area contributed by atoms with E-state index in [9.17, 15) is 24.3 Å². The number of piperidine rings is 2. The van der Waals surface area contributed by atoms with Crippen LogP contribution < -0.4 is 19.9 Å². The quantitative estimate of drug-likeness (QED) is 0.248. The van der Waals surface area contributed by atoms with E-state index < -0.39 is 23.8 Å². The van der Waals surface area contributed by atoms with Gasteiger partial charge in [-0.1, -0.05) is 48.5 Å². The fraction of sp³-hybridized carbons (Fsp3) is 0.364. The minimum atomic E-state index is -0.962. The Bertz CT molecular complexity index is 2120. The summed E-state index contributed by atoms with van der Waals surface area (Å²) in [4.78, 5) is 58.9. The van der Waals surface area contributed by atoms with E-state index >= 15 is 0 Å². The summed E-state index contributed by atoms with van der Waals surface area (Å²) >= 11 is 0. The number of nitrogens with zero attached hydrogens (tertiary/aromatic N) is 4. The highest BCUT2D eigenvalue weighted by Crippen LogP contribution is 2.47. The Labute approximate surface area is 320 Å². The van der Waals surface area contributed by atoms with Crippen molar-refractivity contribution >= 4 is 35.0 Å². The van der Waals surface area contributed by atoms with Crippen molar-refractivity contribution in [3.05, 3.63) is 119 Å². The monoisotopic (exact) mass is 739 g/mol. The van der Waals surface area contributed by atoms with E-state index in [0.29, 0.717) is 23.7 Å². The van der Waals surface area contributed by atoms with Crippen LogP contribution in [0.5, 0.6) is 11.5 Å². The van der Waals surface area contributed by atoms with Crippen LogP contribution in [0.1, 0.15) is 74.9 Å². The van der Waals surface area contributed by atoms with Crippen LogP contribution in [0.2, 0.25) is 0 Å². The van der Waals surface area contributed by atoms with Gasteiger partial charge in [0.25, 0.3) is 11.8 Å². The van der Waals surface area contributed by atoms with Crippen molar-refractivity contribution in [1.82, 2.24) is 15.1 Å². The van der Waals surface area contributed by atoms with E-state index in [1.165, 1.54) is 16.8 Å². The average molecular weight is 740 g/mol. The zero-order valence-corrected chi connectivity index (χ0v) is 30.7. The maximum absolute atomic E-state index is 13.3. The van der Waals surface area contributed by atoms with Crippen LogP contribution >= 0.6 is 0 Å². The molecule has 11 heteroatoms. The third-order valence-corrected chi connectivity index (χ3v) is 12.3. The lowest BCUT2D eigenvalue weighted by atomic mass is 9.76. The van der Waals surface area contributed by atoms with Crippen LogP contribution in [0, 0.1) is 5.92 Å². The minimum absolute atomic E-state index is 0.101. The minimum Gasteiger partial charge on any atom is -0.508 e. The first-order valence-electron chi connectivity index (χ1n) is 19.5. The first-order chi connectivity index (χ1) is 26.8. The Hall–Kier alpha value is -5.68. The summed E-state index contributed by atoms with van der Waals surface area (Å²) in [5.74, 6) is -0.0393. The summed E-state index contributed by atoms with van der Waals surface area (Å²) in [6.45, 7) is 7.17. The number of hydrogen-bond acceptors (Lipinski definition) is 9. The average Bonchev–Trinajstić information content (AvgIpc) is 3.46. The second-order valence-electron chi connectivity index (χ2n) is 15.5. The molecule has 0 aliphatic carbocycles. The Morgan fingerprint density at radius 2 is 1.40 bits per heavy atom. The number of benzene rings is 4. The molecule has 5 aliphatic rings. The number of fused-ring (bicyclic) bond motifs is 2. The van der Waals surface area contributed by atoms with Gasteiger partial charge in [-0.05, 0) is 72.7 Å². The van der Waals surface area contributed by atoms with Crippen molar-refractivity contribution in [3.8, 4) is 11.5 Å². The summed E-state index contributed by atoms with van der Waals surface area (Å²) < 4.78 is 6.16. The molecule has 4 amide bonds. The number of phenols is 1. The molecule has 4 aromatic rings. The number of imide groups is 2. The lowest BCUT2D eigenvalue weighted by Crippen LogP contribution is -2.54. The van der Waals surface area contributed by atoms with Crippen molar-refractivity contribution in [2.24, 2.45) is 5.92 Å². The highest BCUT2D eigenvalue weighted by atomic mass is 16.5. The zero-order chi connectivity index (χ0) is 37.6. The van der Waals surface area contributed by atoms with Crippen LogP contribution in [0.3, 0.4) is 0 Å². The van der Waals surface area contributed by atoms with Gasteiger partial charge < -0.3 is 19.6 Å². The van der Waals surface area contributed by atoms with Crippen LogP contribution in [0.25, 0.3) is 0 Å². The zero-order valence-electron chi connectivity index (χ0n) is 30.7. The fourth-order valence-electron chi connectivity index (χ4n) is 9.27. The molecule has 55 heavy (non-hydrogen) atoms. The van der Waals surface area contributed by atoms with Gasteiger partial charge in [0.2, 0.25) is 11.8 Å². The number of hydrogen-bond donors (Lipinski definition) is 2. The number of ether oxygens (including phenoxy) is 1. The SMILES string of the molecule is O=C1CCC(N2C(=O)c3ccc(N4CCN(CC5CCN(c6ccc(C7c8ccc(O)cc8OCC7c7ccccc7)cc6)CC5)CC4)cc3C2=O)C(=O)N1. The Balaban J connectivity index is 0.788. The first kappa shape index (κ1) is 35.0. The van der Waals surface area contributed by atoms with Crippen LogP contribution in [0.15, 0.2) is 91.0 Å². The molecule has 282 valence electrons. The van der Waals surface area contributed by atoms with Gasteiger partial charge in [-0.25, -0.2) is 0 Å². The summed E-state index contributed by atoms with van der Waals surface area (Å²) in [6, 6.07) is 29.5. The number of nitrogens with one attached hydrogen (secondary N) is 1. The number of amides is 4. The summed E-state index contributed by atoms with van der Waals surface area (Å²) in [5, 5.41) is 12.4. The molecule has 0 spiro atoms. The molecule has 0 aromatic heterocycles. The Morgan fingerprint density at radius 1 is 0.691 bits per heavy atom. The molecule has 3 atom stereocenters. The van der Waals surface area contributed by atoms with Gasteiger partial charge in [0.05, 0.1) is 17.7 Å². The second-order valence-corrected chi connectivity index (χ2v) is 15.5. The number of aromatic hydroxyl groups is 1. The van der Waals surface area contributed by atoms with E-state index in [1.807, 2.05) is 18.2 Å². The number of piperazine rings is 1. The maximum Gasteiger partial charge on any atom is 0.262 e. The first-order valence-corrected chi connectivity index (χ1v) is 19.5. The number of carbonyl (C=O) groups excluding carboxylic acids is 4. The highest BCUT2D eigenvalue weighted by Gasteiger charge is 2.45. The summed E-state index contributed by atoms with van der Waals surface area (Å²) in [7, 11) is 0. The lowest BCUT2D eigenvalue weighted by Gasteiger charge is -2.40. The van der Waals surface area contributed by atoms with Gasteiger partial charge in [0, 0.05) is 87.1 Å². The molecule has 4 aromatic carbocycles. The van der Waals surface area contributed by atoms with Gasteiger partial charge in [0.1, 0.15) is 17.5 Å². The fourth-order valence-corrected chi connectivity index (χ4v) is 9.27. The van der Waals surface area contributed by atoms with E-state index in [4.69, 9.17) is 4.74 Å². The molecule has 0 saturated carbocycles. The van der Waals surface area contributed by atoms with Gasteiger partial charge in [-0.3, -0.25) is 34.3 Å². The van der Waals surface area contributed by atoms with Gasteiger partial charge >= 0.3 is 0 Å². The summed E-state index contributed by atoms with van der Waals surface area (Å²) in [6.07, 6.45) is 2.52. The topological polar surface area (TPSA) is 123 Å². The molecule has 0 bridgehead atoms. The van der Waals surface area contributed by atoms with E-state index in [-0.39, 0.29) is 36.3 Å². The third kappa shape index (κ3) is 6.71. The smallest absolute Gasteiger partial charge is 0.262 e. The van der Waals surface area contributed by atoms with Crippen molar-refractivity contribution in [1.29, 1.82) is 0 Å². The highest BCUT2D eigenvalue weighted by molar-refractivity contribution is 6.23. The van der Waals surface area contributed by atoms with E-state index in [1.54, 1.807) is 24.3 Å². The molecule has 3 saturated heterocycles. The number of anilines is 2. The molecule has 2 N–H and O–H groups in total. The maximum atomic E-state index is 13.3. The molecule has 11 nitrogen and oxygen atoms in total. The van der Waals surface area contributed by atoms with Gasteiger partial charge in [-0.2, -0.15) is 0 Å². The lowest BCUT2D eigenvalue weighted by molar-refractivity contribution is -0.136. The van der Waals surface area contributed by atoms with Crippen molar-refractivity contribution < 1.29 is 29.0 Å².